The lowest BCUT2D eigenvalue weighted by Crippen LogP contribution is -2.43. The molecule has 1 aromatic heterocycles. The summed E-state index contributed by atoms with van der Waals surface area (Å²) in [5, 5.41) is 12.6. The molecule has 0 spiro atoms. The van der Waals surface area contributed by atoms with Crippen LogP contribution in [0.15, 0.2) is 24.5 Å². The summed E-state index contributed by atoms with van der Waals surface area (Å²) >= 11 is 0. The molecule has 19 heavy (non-hydrogen) atoms. The molecule has 0 bridgehead atoms. The summed E-state index contributed by atoms with van der Waals surface area (Å²) in [4.78, 5) is 6.55. The van der Waals surface area contributed by atoms with Crippen molar-refractivity contribution in [3.8, 4) is 0 Å². The van der Waals surface area contributed by atoms with E-state index in [-0.39, 0.29) is 6.61 Å². The van der Waals surface area contributed by atoms with Crippen molar-refractivity contribution in [3.05, 3.63) is 30.1 Å². The zero-order chi connectivity index (χ0) is 13.5. The second-order valence-electron chi connectivity index (χ2n) is 5.60. The van der Waals surface area contributed by atoms with Crippen LogP contribution in [0.4, 0.5) is 0 Å². The van der Waals surface area contributed by atoms with Gasteiger partial charge in [-0.2, -0.15) is 0 Å². The number of hydrogen-bond acceptors (Lipinski definition) is 4. The van der Waals surface area contributed by atoms with Gasteiger partial charge >= 0.3 is 0 Å². The van der Waals surface area contributed by atoms with E-state index in [1.54, 1.807) is 0 Å². The Kier molecular flexibility index (Phi) is 5.76. The van der Waals surface area contributed by atoms with E-state index in [0.717, 1.165) is 26.2 Å². The van der Waals surface area contributed by atoms with Gasteiger partial charge in [0, 0.05) is 38.1 Å². The Morgan fingerprint density at radius 1 is 1.37 bits per heavy atom. The molecule has 1 atom stereocenters. The fourth-order valence-corrected chi connectivity index (χ4v) is 2.47. The molecule has 1 aliphatic rings. The van der Waals surface area contributed by atoms with Crippen LogP contribution in [0.5, 0.6) is 0 Å². The maximum Gasteiger partial charge on any atom is 0.0468 e. The fourth-order valence-electron chi connectivity index (χ4n) is 2.47. The van der Waals surface area contributed by atoms with Gasteiger partial charge in [-0.3, -0.25) is 9.88 Å². The number of hydrogen-bond donors (Lipinski definition) is 2. The molecule has 4 nitrogen and oxygen atoms in total. The average Bonchev–Trinajstić information content (AvgIpc) is 2.47. The summed E-state index contributed by atoms with van der Waals surface area (Å²) < 4.78 is 0. The second kappa shape index (κ2) is 7.58. The van der Waals surface area contributed by atoms with Gasteiger partial charge in [0.15, 0.2) is 0 Å². The molecule has 0 aliphatic carbocycles. The van der Waals surface area contributed by atoms with Gasteiger partial charge in [-0.05, 0) is 49.5 Å². The highest BCUT2D eigenvalue weighted by molar-refractivity contribution is 5.09. The quantitative estimate of drug-likeness (QED) is 0.811. The highest BCUT2D eigenvalue weighted by atomic mass is 16.3. The van der Waals surface area contributed by atoms with Crippen molar-refractivity contribution in [2.45, 2.75) is 32.4 Å². The smallest absolute Gasteiger partial charge is 0.0468 e. The number of aromatic nitrogens is 1. The summed E-state index contributed by atoms with van der Waals surface area (Å²) in [5.74, 6) is 0.356. The summed E-state index contributed by atoms with van der Waals surface area (Å²) in [7, 11) is 0. The third-order valence-electron chi connectivity index (χ3n) is 3.81. The number of nitrogens with zero attached hydrogens (tertiary/aromatic N) is 2. The zero-order valence-corrected chi connectivity index (χ0v) is 11.8. The Morgan fingerprint density at radius 3 is 2.68 bits per heavy atom. The normalized spacial score (nSPS) is 19.5. The van der Waals surface area contributed by atoms with Crippen LogP contribution in [0.3, 0.4) is 0 Å². The van der Waals surface area contributed by atoms with Crippen LogP contribution >= 0.6 is 0 Å². The molecule has 1 unspecified atom stereocenters. The second-order valence-corrected chi connectivity index (χ2v) is 5.60. The van der Waals surface area contributed by atoms with Crippen LogP contribution in [0.1, 0.15) is 25.3 Å². The first-order chi connectivity index (χ1) is 9.28. The first-order valence-corrected chi connectivity index (χ1v) is 7.23. The molecular weight excluding hydrogens is 238 g/mol. The van der Waals surface area contributed by atoms with Gasteiger partial charge in [0.2, 0.25) is 0 Å². The maximum atomic E-state index is 9.02. The van der Waals surface area contributed by atoms with Gasteiger partial charge in [0.05, 0.1) is 0 Å². The van der Waals surface area contributed by atoms with Crippen molar-refractivity contribution in [1.29, 1.82) is 0 Å². The number of pyridine rings is 1. The Morgan fingerprint density at radius 2 is 2.05 bits per heavy atom. The summed E-state index contributed by atoms with van der Waals surface area (Å²) in [5.41, 5.74) is 1.34. The first kappa shape index (κ1) is 14.4. The molecule has 106 valence electrons. The minimum absolute atomic E-state index is 0.272. The number of likely N-dealkylation sites (tertiary alicyclic amines) is 1. The Bertz CT molecular complexity index is 350. The molecule has 2 rings (SSSR count). The van der Waals surface area contributed by atoms with Crippen molar-refractivity contribution in [1.82, 2.24) is 15.2 Å². The molecular formula is C15H25N3O. The van der Waals surface area contributed by atoms with Gasteiger partial charge in [-0.25, -0.2) is 0 Å². The van der Waals surface area contributed by atoms with Crippen molar-refractivity contribution in [2.24, 2.45) is 5.92 Å². The number of aliphatic hydroxyl groups excluding tert-OH is 1. The van der Waals surface area contributed by atoms with Crippen LogP contribution < -0.4 is 5.32 Å². The molecule has 0 amide bonds. The summed E-state index contributed by atoms with van der Waals surface area (Å²) in [6, 6.07) is 4.79. The molecule has 1 fully saturated rings. The van der Waals surface area contributed by atoms with Crippen LogP contribution in [0.2, 0.25) is 0 Å². The van der Waals surface area contributed by atoms with Gasteiger partial charge in [-0.15, -0.1) is 0 Å². The van der Waals surface area contributed by atoms with Crippen molar-refractivity contribution >= 4 is 0 Å². The minimum atomic E-state index is 0.272. The van der Waals surface area contributed by atoms with Crippen LogP contribution in [-0.4, -0.2) is 47.3 Å². The van der Waals surface area contributed by atoms with Crippen LogP contribution in [-0.2, 0) is 6.54 Å². The van der Waals surface area contributed by atoms with E-state index in [1.807, 2.05) is 12.4 Å². The predicted octanol–water partition coefficient (Wildman–Crippen LogP) is 1.26. The zero-order valence-electron chi connectivity index (χ0n) is 11.8. The Hall–Kier alpha value is -0.970. The molecule has 1 aromatic rings. The molecule has 0 radical (unpaired) electrons. The van der Waals surface area contributed by atoms with Crippen molar-refractivity contribution < 1.29 is 5.11 Å². The van der Waals surface area contributed by atoms with Crippen LogP contribution in [0, 0.1) is 5.92 Å². The Balaban J connectivity index is 1.68. The third-order valence-corrected chi connectivity index (χ3v) is 3.81. The third kappa shape index (κ3) is 4.90. The number of rotatable bonds is 6. The standard InChI is InChI=1S/C15H25N3O/c1-13(12-19)10-17-15-4-8-18(9-5-15)11-14-2-6-16-7-3-14/h2-3,6-7,13,15,17,19H,4-5,8-12H2,1H3. The van der Waals surface area contributed by atoms with E-state index in [4.69, 9.17) is 5.11 Å². The van der Waals surface area contributed by atoms with Gasteiger partial charge in [0.25, 0.3) is 0 Å². The van der Waals surface area contributed by atoms with Gasteiger partial charge in [-0.1, -0.05) is 6.92 Å². The van der Waals surface area contributed by atoms with E-state index < -0.39 is 0 Å². The van der Waals surface area contributed by atoms with E-state index in [2.05, 4.69) is 34.3 Å². The van der Waals surface area contributed by atoms with Crippen molar-refractivity contribution in [3.63, 3.8) is 0 Å². The lowest BCUT2D eigenvalue weighted by Gasteiger charge is -2.33. The molecule has 1 aliphatic heterocycles. The Labute approximate surface area is 115 Å². The van der Waals surface area contributed by atoms with Gasteiger partial charge in [0.1, 0.15) is 0 Å². The fraction of sp³-hybridized carbons (Fsp3) is 0.667. The van der Waals surface area contributed by atoms with Crippen molar-refractivity contribution in [2.75, 3.05) is 26.2 Å². The lowest BCUT2D eigenvalue weighted by molar-refractivity contribution is 0.179. The van der Waals surface area contributed by atoms with E-state index in [0.29, 0.717) is 12.0 Å². The van der Waals surface area contributed by atoms with E-state index in [1.165, 1.54) is 18.4 Å². The predicted molar refractivity (Wildman–Crippen MR) is 76.8 cm³/mol. The molecule has 4 heteroatoms. The van der Waals surface area contributed by atoms with E-state index >= 15 is 0 Å². The van der Waals surface area contributed by atoms with Crippen LogP contribution in [0.25, 0.3) is 0 Å². The SMILES string of the molecule is CC(CO)CNC1CCN(Cc2ccncc2)CC1. The maximum absolute atomic E-state index is 9.02. The number of piperidine rings is 1. The average molecular weight is 263 g/mol. The highest BCUT2D eigenvalue weighted by Gasteiger charge is 2.19. The summed E-state index contributed by atoms with van der Waals surface area (Å²) in [6.45, 7) is 6.59. The topological polar surface area (TPSA) is 48.4 Å². The monoisotopic (exact) mass is 263 g/mol. The first-order valence-electron chi connectivity index (χ1n) is 7.23. The molecule has 0 saturated carbocycles. The van der Waals surface area contributed by atoms with E-state index in [9.17, 15) is 0 Å². The van der Waals surface area contributed by atoms with Gasteiger partial charge < -0.3 is 10.4 Å². The lowest BCUT2D eigenvalue weighted by atomic mass is 10.0. The highest BCUT2D eigenvalue weighted by Crippen LogP contribution is 2.13. The number of nitrogens with one attached hydrogen (secondary N) is 1. The summed E-state index contributed by atoms with van der Waals surface area (Å²) in [6.07, 6.45) is 6.12. The largest absolute Gasteiger partial charge is 0.396 e. The number of aliphatic hydroxyl groups is 1. The molecule has 2 heterocycles. The molecule has 2 N–H and O–H groups in total. The minimum Gasteiger partial charge on any atom is -0.396 e. The molecule has 0 aromatic carbocycles. The molecule has 1 saturated heterocycles.